The van der Waals surface area contributed by atoms with Gasteiger partial charge >= 0.3 is 0 Å². The van der Waals surface area contributed by atoms with Crippen molar-refractivity contribution in [3.63, 3.8) is 0 Å². The number of aromatic nitrogens is 2. The monoisotopic (exact) mass is 286 g/mol. The van der Waals surface area contributed by atoms with Crippen molar-refractivity contribution in [3.05, 3.63) is 65.0 Å². The number of nitrogens with zero attached hydrogens (tertiary/aromatic N) is 2. The summed E-state index contributed by atoms with van der Waals surface area (Å²) in [4.78, 5) is 4.35. The van der Waals surface area contributed by atoms with Crippen LogP contribution in [0.25, 0.3) is 10.9 Å². The Hall–Kier alpha value is -1.61. The topological polar surface area (TPSA) is 17.8 Å². The van der Waals surface area contributed by atoms with Crippen LogP contribution in [0.5, 0.6) is 0 Å². The van der Waals surface area contributed by atoms with Crippen LogP contribution in [0.4, 0.5) is 0 Å². The lowest BCUT2D eigenvalue weighted by Crippen LogP contribution is -1.99. The van der Waals surface area contributed by atoms with Crippen LogP contribution in [0.1, 0.15) is 5.69 Å². The number of fused-ring (bicyclic) bond motifs is 1. The molecule has 2 aromatic heterocycles. The SMILES string of the molecule is Brc1ccc2ccn(Cc3ccccn3)c2c1. The molecular formula is C14H11BrN2. The maximum Gasteiger partial charge on any atom is 0.0648 e. The van der Waals surface area contributed by atoms with Crippen LogP contribution in [0.2, 0.25) is 0 Å². The van der Waals surface area contributed by atoms with E-state index in [-0.39, 0.29) is 0 Å². The first kappa shape index (κ1) is 10.5. The molecular weight excluding hydrogens is 276 g/mol. The molecule has 3 rings (SSSR count). The molecule has 0 aliphatic carbocycles. The molecule has 84 valence electrons. The summed E-state index contributed by atoms with van der Waals surface area (Å²) in [5, 5.41) is 1.25. The molecule has 3 heteroatoms. The van der Waals surface area contributed by atoms with Crippen LogP contribution < -0.4 is 0 Å². The van der Waals surface area contributed by atoms with E-state index in [4.69, 9.17) is 0 Å². The highest BCUT2D eigenvalue weighted by Crippen LogP contribution is 2.21. The van der Waals surface area contributed by atoms with Gasteiger partial charge in [-0.2, -0.15) is 0 Å². The smallest absolute Gasteiger partial charge is 0.0648 e. The molecule has 1 aromatic carbocycles. The first-order valence-corrected chi connectivity index (χ1v) is 6.26. The van der Waals surface area contributed by atoms with E-state index < -0.39 is 0 Å². The quantitative estimate of drug-likeness (QED) is 0.700. The van der Waals surface area contributed by atoms with E-state index in [0.717, 1.165) is 16.7 Å². The van der Waals surface area contributed by atoms with Gasteiger partial charge in [-0.1, -0.05) is 28.1 Å². The van der Waals surface area contributed by atoms with Gasteiger partial charge in [0.05, 0.1) is 12.2 Å². The lowest BCUT2D eigenvalue weighted by Gasteiger charge is -2.05. The van der Waals surface area contributed by atoms with Crippen molar-refractivity contribution in [1.82, 2.24) is 9.55 Å². The van der Waals surface area contributed by atoms with E-state index in [2.05, 4.69) is 55.9 Å². The zero-order valence-corrected chi connectivity index (χ0v) is 10.8. The van der Waals surface area contributed by atoms with Gasteiger partial charge in [0.1, 0.15) is 0 Å². The second-order valence-corrected chi connectivity index (χ2v) is 4.88. The zero-order valence-electron chi connectivity index (χ0n) is 9.18. The predicted octanol–water partition coefficient (Wildman–Crippen LogP) is 3.85. The van der Waals surface area contributed by atoms with Crippen molar-refractivity contribution in [2.45, 2.75) is 6.54 Å². The lowest BCUT2D eigenvalue weighted by molar-refractivity contribution is 0.807. The normalized spacial score (nSPS) is 10.9. The van der Waals surface area contributed by atoms with Crippen LogP contribution in [0.15, 0.2) is 59.3 Å². The van der Waals surface area contributed by atoms with Gasteiger partial charge in [-0.15, -0.1) is 0 Å². The number of pyridine rings is 1. The van der Waals surface area contributed by atoms with E-state index in [9.17, 15) is 0 Å². The number of hydrogen-bond donors (Lipinski definition) is 0. The molecule has 0 saturated carbocycles. The van der Waals surface area contributed by atoms with Crippen molar-refractivity contribution in [1.29, 1.82) is 0 Å². The summed E-state index contributed by atoms with van der Waals surface area (Å²) in [6, 6.07) is 14.5. The molecule has 0 amide bonds. The third kappa shape index (κ3) is 2.11. The highest BCUT2D eigenvalue weighted by molar-refractivity contribution is 9.10. The molecule has 0 atom stereocenters. The summed E-state index contributed by atoms with van der Waals surface area (Å²) in [6.45, 7) is 0.806. The largest absolute Gasteiger partial charge is 0.341 e. The molecule has 0 aliphatic rings. The number of rotatable bonds is 2. The number of benzene rings is 1. The average molecular weight is 287 g/mol. The first-order valence-electron chi connectivity index (χ1n) is 5.47. The molecule has 0 saturated heterocycles. The molecule has 2 heterocycles. The Morgan fingerprint density at radius 3 is 2.88 bits per heavy atom. The van der Waals surface area contributed by atoms with Crippen LogP contribution in [0, 0.1) is 0 Å². The molecule has 0 fully saturated rings. The Kier molecular flexibility index (Phi) is 2.69. The van der Waals surface area contributed by atoms with Gasteiger partial charge in [0.25, 0.3) is 0 Å². The van der Waals surface area contributed by atoms with E-state index in [0.29, 0.717) is 0 Å². The second-order valence-electron chi connectivity index (χ2n) is 3.97. The second kappa shape index (κ2) is 4.34. The fraction of sp³-hybridized carbons (Fsp3) is 0.0714. The molecule has 3 aromatic rings. The van der Waals surface area contributed by atoms with Gasteiger partial charge in [0, 0.05) is 22.4 Å². The van der Waals surface area contributed by atoms with Crippen molar-refractivity contribution >= 4 is 26.8 Å². The Morgan fingerprint density at radius 2 is 2.06 bits per heavy atom. The zero-order chi connectivity index (χ0) is 11.7. The third-order valence-corrected chi connectivity index (χ3v) is 3.29. The standard InChI is InChI=1S/C14H11BrN2/c15-12-5-4-11-6-8-17(14(11)9-12)10-13-3-1-2-7-16-13/h1-9H,10H2. The number of hydrogen-bond acceptors (Lipinski definition) is 1. The molecule has 17 heavy (non-hydrogen) atoms. The van der Waals surface area contributed by atoms with E-state index in [1.807, 2.05) is 24.4 Å². The fourth-order valence-electron chi connectivity index (χ4n) is 1.96. The van der Waals surface area contributed by atoms with E-state index in [1.165, 1.54) is 10.9 Å². The average Bonchev–Trinajstić information content (AvgIpc) is 2.73. The van der Waals surface area contributed by atoms with Crippen LogP contribution in [-0.4, -0.2) is 9.55 Å². The van der Waals surface area contributed by atoms with Gasteiger partial charge < -0.3 is 4.57 Å². The van der Waals surface area contributed by atoms with Gasteiger partial charge in [0.15, 0.2) is 0 Å². The van der Waals surface area contributed by atoms with Gasteiger partial charge in [0.2, 0.25) is 0 Å². The van der Waals surface area contributed by atoms with Crippen LogP contribution in [0.3, 0.4) is 0 Å². The minimum absolute atomic E-state index is 0.806. The lowest BCUT2D eigenvalue weighted by atomic mass is 10.2. The van der Waals surface area contributed by atoms with Crippen molar-refractivity contribution < 1.29 is 0 Å². The summed E-state index contributed by atoms with van der Waals surface area (Å²) in [5.41, 5.74) is 2.30. The minimum atomic E-state index is 0.806. The molecule has 0 radical (unpaired) electrons. The minimum Gasteiger partial charge on any atom is -0.341 e. The Morgan fingerprint density at radius 1 is 1.12 bits per heavy atom. The predicted molar refractivity (Wildman–Crippen MR) is 73.0 cm³/mol. The van der Waals surface area contributed by atoms with E-state index in [1.54, 1.807) is 0 Å². The fourth-order valence-corrected chi connectivity index (χ4v) is 2.31. The molecule has 0 bridgehead atoms. The Labute approximate surface area is 108 Å². The van der Waals surface area contributed by atoms with Gasteiger partial charge in [-0.25, -0.2) is 0 Å². The van der Waals surface area contributed by atoms with Crippen LogP contribution >= 0.6 is 15.9 Å². The Bertz CT molecular complexity index is 644. The summed E-state index contributed by atoms with van der Waals surface area (Å²) in [7, 11) is 0. The van der Waals surface area contributed by atoms with Crippen molar-refractivity contribution in [2.24, 2.45) is 0 Å². The maximum atomic E-state index is 4.35. The van der Waals surface area contributed by atoms with Gasteiger partial charge in [-0.3, -0.25) is 4.98 Å². The van der Waals surface area contributed by atoms with Crippen LogP contribution in [-0.2, 0) is 6.54 Å². The van der Waals surface area contributed by atoms with Crippen molar-refractivity contribution in [3.8, 4) is 0 Å². The summed E-state index contributed by atoms with van der Waals surface area (Å²) in [5.74, 6) is 0. The van der Waals surface area contributed by atoms with E-state index >= 15 is 0 Å². The highest BCUT2D eigenvalue weighted by Gasteiger charge is 2.02. The summed E-state index contributed by atoms with van der Waals surface area (Å²) in [6.07, 6.45) is 3.93. The third-order valence-electron chi connectivity index (χ3n) is 2.79. The highest BCUT2D eigenvalue weighted by atomic mass is 79.9. The summed E-state index contributed by atoms with van der Waals surface area (Å²) >= 11 is 3.51. The van der Waals surface area contributed by atoms with Crippen molar-refractivity contribution in [2.75, 3.05) is 0 Å². The number of halogens is 1. The molecule has 0 N–H and O–H groups in total. The molecule has 0 unspecified atom stereocenters. The molecule has 0 aliphatic heterocycles. The first-order chi connectivity index (χ1) is 8.33. The Balaban J connectivity index is 2.03. The molecule has 2 nitrogen and oxygen atoms in total. The maximum absolute atomic E-state index is 4.35. The summed E-state index contributed by atoms with van der Waals surface area (Å²) < 4.78 is 3.31. The van der Waals surface area contributed by atoms with Gasteiger partial charge in [-0.05, 0) is 35.7 Å². The molecule has 0 spiro atoms.